The van der Waals surface area contributed by atoms with Gasteiger partial charge in [0, 0.05) is 26.2 Å². The fraction of sp³-hybridized carbons (Fsp3) is 0.476. The van der Waals surface area contributed by atoms with Crippen LogP contribution in [-0.4, -0.2) is 76.6 Å². The van der Waals surface area contributed by atoms with Crippen LogP contribution in [0.5, 0.6) is 0 Å². The largest absolute Gasteiger partial charge is 0.481 e. The van der Waals surface area contributed by atoms with E-state index < -0.39 is 11.6 Å². The minimum atomic E-state index is -1.04. The van der Waals surface area contributed by atoms with E-state index in [1.807, 2.05) is 20.8 Å². The van der Waals surface area contributed by atoms with E-state index in [4.69, 9.17) is 15.7 Å². The molecule has 0 spiro atoms. The number of benzene rings is 1. The number of ether oxygens (including phenoxy) is 1. The Bertz CT molecular complexity index is 850. The van der Waals surface area contributed by atoms with Gasteiger partial charge in [0.05, 0.1) is 30.5 Å². The molecule has 0 bridgehead atoms. The van der Waals surface area contributed by atoms with Gasteiger partial charge in [-0.3, -0.25) is 14.6 Å². The fourth-order valence-electron chi connectivity index (χ4n) is 2.88. The van der Waals surface area contributed by atoms with Crippen LogP contribution in [0.2, 0.25) is 0 Å². The quantitative estimate of drug-likeness (QED) is 0.400. The van der Waals surface area contributed by atoms with Crippen molar-refractivity contribution in [3.8, 4) is 0 Å². The van der Waals surface area contributed by atoms with Crippen LogP contribution in [-0.2, 0) is 20.7 Å². The molecule has 0 saturated carbocycles. The van der Waals surface area contributed by atoms with Crippen molar-refractivity contribution in [2.75, 3.05) is 26.2 Å². The molecule has 2 rings (SSSR count). The Morgan fingerprint density at radius 3 is 2.19 bits per heavy atom. The first-order valence-corrected chi connectivity index (χ1v) is 9.94. The smallest absolute Gasteiger partial charge is 0.410 e. The monoisotopic (exact) mass is 431 g/mol. The number of hydrogen-bond donors (Lipinski definition) is 2. The predicted octanol–water partition coefficient (Wildman–Crippen LogP) is 1.80. The maximum atomic E-state index is 12.6. The number of nitrogens with zero attached hydrogens (tertiary/aromatic N) is 4. The Hall–Kier alpha value is -3.43. The van der Waals surface area contributed by atoms with Crippen molar-refractivity contribution in [1.82, 2.24) is 9.80 Å². The zero-order valence-corrected chi connectivity index (χ0v) is 18.1. The van der Waals surface area contributed by atoms with Gasteiger partial charge in [-0.2, -0.15) is 5.10 Å². The molecule has 10 nitrogen and oxygen atoms in total. The first-order valence-electron chi connectivity index (χ1n) is 9.94. The Balaban J connectivity index is 1.85. The molecular weight excluding hydrogens is 402 g/mol. The van der Waals surface area contributed by atoms with Crippen LogP contribution in [0, 0.1) is 0 Å². The second-order valence-electron chi connectivity index (χ2n) is 8.14. The molecular formula is C21H29N5O5. The standard InChI is InChI=1S/C21H29N5O5/c1-21(2,3)31-20(30)26-10-8-25(9-11-26)18(27)12-15-4-6-16(7-5-15)23-14-17(24-22)13-19(28)29/h4-7,14H,8-13,22H2,1-3H3,(H,28,29). The first-order chi connectivity index (χ1) is 14.6. The summed E-state index contributed by atoms with van der Waals surface area (Å²) < 4.78 is 5.37. The average molecular weight is 431 g/mol. The Kier molecular flexibility index (Phi) is 8.12. The molecule has 3 N–H and O–H groups in total. The SMILES string of the molecule is CC(C)(C)OC(=O)N1CCN(C(=O)Cc2ccc(N=CC(CC(=O)O)=NN)cc2)CC1. The van der Waals surface area contributed by atoms with E-state index in [0.717, 1.165) is 5.56 Å². The summed E-state index contributed by atoms with van der Waals surface area (Å²) in [5.41, 5.74) is 1.03. The maximum Gasteiger partial charge on any atom is 0.410 e. The van der Waals surface area contributed by atoms with Gasteiger partial charge >= 0.3 is 12.1 Å². The summed E-state index contributed by atoms with van der Waals surface area (Å²) in [6.45, 7) is 7.27. The highest BCUT2D eigenvalue weighted by Gasteiger charge is 2.27. The number of hydrogen-bond acceptors (Lipinski definition) is 7. The number of nitrogens with two attached hydrogens (primary N) is 1. The van der Waals surface area contributed by atoms with Gasteiger partial charge in [-0.25, -0.2) is 4.79 Å². The molecule has 1 aliphatic rings. The number of carboxylic acids is 1. The van der Waals surface area contributed by atoms with Crippen LogP contribution in [0.1, 0.15) is 32.8 Å². The van der Waals surface area contributed by atoms with Crippen molar-refractivity contribution in [3.05, 3.63) is 29.8 Å². The van der Waals surface area contributed by atoms with E-state index in [1.54, 1.807) is 34.1 Å². The highest BCUT2D eigenvalue weighted by molar-refractivity contribution is 6.34. The third-order valence-electron chi connectivity index (χ3n) is 4.44. The normalized spacial score (nSPS) is 15.3. The van der Waals surface area contributed by atoms with Gasteiger partial charge in [-0.05, 0) is 38.5 Å². The Morgan fingerprint density at radius 1 is 1.10 bits per heavy atom. The Morgan fingerprint density at radius 2 is 1.68 bits per heavy atom. The minimum Gasteiger partial charge on any atom is -0.481 e. The third-order valence-corrected chi connectivity index (χ3v) is 4.44. The molecule has 0 unspecified atom stereocenters. The van der Waals surface area contributed by atoms with E-state index in [-0.39, 0.29) is 30.6 Å². The second-order valence-corrected chi connectivity index (χ2v) is 8.14. The lowest BCUT2D eigenvalue weighted by Gasteiger charge is -2.35. The van der Waals surface area contributed by atoms with Crippen molar-refractivity contribution in [2.24, 2.45) is 15.9 Å². The van der Waals surface area contributed by atoms with Crippen LogP contribution >= 0.6 is 0 Å². The second kappa shape index (κ2) is 10.6. The molecule has 31 heavy (non-hydrogen) atoms. The van der Waals surface area contributed by atoms with E-state index in [0.29, 0.717) is 31.9 Å². The summed E-state index contributed by atoms with van der Waals surface area (Å²) in [6.07, 6.45) is 0.874. The van der Waals surface area contributed by atoms with Crippen molar-refractivity contribution in [1.29, 1.82) is 0 Å². The molecule has 0 aromatic heterocycles. The average Bonchev–Trinajstić information content (AvgIpc) is 2.70. The third kappa shape index (κ3) is 8.07. The zero-order chi connectivity index (χ0) is 23.0. The van der Waals surface area contributed by atoms with E-state index >= 15 is 0 Å². The number of amides is 2. The molecule has 0 radical (unpaired) electrons. The lowest BCUT2D eigenvalue weighted by atomic mass is 10.1. The topological polar surface area (TPSA) is 138 Å². The lowest BCUT2D eigenvalue weighted by molar-refractivity contribution is -0.135. The summed E-state index contributed by atoms with van der Waals surface area (Å²) in [5, 5.41) is 12.2. The fourth-order valence-corrected chi connectivity index (χ4v) is 2.88. The minimum absolute atomic E-state index is 0.0147. The summed E-state index contributed by atoms with van der Waals surface area (Å²) >= 11 is 0. The number of piperazine rings is 1. The van der Waals surface area contributed by atoms with Crippen LogP contribution < -0.4 is 5.84 Å². The molecule has 1 heterocycles. The Labute approximate surface area is 181 Å². The van der Waals surface area contributed by atoms with Crippen molar-refractivity contribution >= 4 is 35.6 Å². The number of aliphatic carboxylic acids is 1. The number of hydrazone groups is 1. The van der Waals surface area contributed by atoms with Crippen molar-refractivity contribution in [3.63, 3.8) is 0 Å². The van der Waals surface area contributed by atoms with Gasteiger partial charge in [0.1, 0.15) is 5.60 Å². The summed E-state index contributed by atoms with van der Waals surface area (Å²) in [7, 11) is 0. The predicted molar refractivity (Wildman–Crippen MR) is 117 cm³/mol. The molecule has 0 atom stereocenters. The molecule has 1 aliphatic heterocycles. The lowest BCUT2D eigenvalue weighted by Crippen LogP contribution is -2.51. The highest BCUT2D eigenvalue weighted by atomic mass is 16.6. The molecule has 1 saturated heterocycles. The van der Waals surface area contributed by atoms with E-state index in [9.17, 15) is 14.4 Å². The molecule has 1 fully saturated rings. The molecule has 1 aromatic rings. The van der Waals surface area contributed by atoms with Gasteiger partial charge in [0.2, 0.25) is 5.91 Å². The van der Waals surface area contributed by atoms with E-state index in [1.165, 1.54) is 6.21 Å². The number of carbonyl (C=O) groups excluding carboxylic acids is 2. The van der Waals surface area contributed by atoms with Crippen LogP contribution in [0.15, 0.2) is 34.4 Å². The molecule has 10 heteroatoms. The molecule has 1 aromatic carbocycles. The zero-order valence-electron chi connectivity index (χ0n) is 18.1. The van der Waals surface area contributed by atoms with Crippen LogP contribution in [0.25, 0.3) is 0 Å². The first kappa shape index (κ1) is 23.8. The highest BCUT2D eigenvalue weighted by Crippen LogP contribution is 2.15. The van der Waals surface area contributed by atoms with E-state index in [2.05, 4.69) is 10.1 Å². The molecule has 168 valence electrons. The van der Waals surface area contributed by atoms with Crippen molar-refractivity contribution in [2.45, 2.75) is 39.2 Å². The number of aliphatic imine (C=N–C) groups is 1. The van der Waals surface area contributed by atoms with Gasteiger partial charge in [0.15, 0.2) is 0 Å². The number of rotatable bonds is 6. The van der Waals surface area contributed by atoms with Crippen LogP contribution in [0.4, 0.5) is 10.5 Å². The summed E-state index contributed by atoms with van der Waals surface area (Å²) in [6, 6.07) is 7.04. The molecule has 0 aliphatic carbocycles. The molecule has 2 amide bonds. The maximum absolute atomic E-state index is 12.6. The van der Waals surface area contributed by atoms with Crippen molar-refractivity contribution < 1.29 is 24.2 Å². The number of carbonyl (C=O) groups is 3. The summed E-state index contributed by atoms with van der Waals surface area (Å²) in [4.78, 5) is 42.9. The summed E-state index contributed by atoms with van der Waals surface area (Å²) in [5.74, 6) is 4.09. The number of carboxylic acid groups (broad SMARTS) is 1. The van der Waals surface area contributed by atoms with Gasteiger partial charge < -0.3 is 25.5 Å². The van der Waals surface area contributed by atoms with Gasteiger partial charge in [-0.1, -0.05) is 12.1 Å². The van der Waals surface area contributed by atoms with Gasteiger partial charge in [0.25, 0.3) is 0 Å². The van der Waals surface area contributed by atoms with Crippen LogP contribution in [0.3, 0.4) is 0 Å². The van der Waals surface area contributed by atoms with Gasteiger partial charge in [-0.15, -0.1) is 0 Å².